The smallest absolute Gasteiger partial charge is 0.193 e. The second kappa shape index (κ2) is 8.18. The molecule has 1 aromatic carbocycles. The zero-order chi connectivity index (χ0) is 17.9. The van der Waals surface area contributed by atoms with Gasteiger partial charge in [0.15, 0.2) is 5.96 Å². The molecule has 4 rings (SSSR count). The number of benzene rings is 1. The predicted molar refractivity (Wildman–Crippen MR) is 109 cm³/mol. The fourth-order valence-corrected chi connectivity index (χ4v) is 4.80. The first kappa shape index (κ1) is 18.1. The van der Waals surface area contributed by atoms with Gasteiger partial charge in [-0.15, -0.1) is 0 Å². The fraction of sp³-hybridized carbons (Fsp3) is 0.667. The van der Waals surface area contributed by atoms with E-state index in [1.165, 1.54) is 57.3 Å². The summed E-state index contributed by atoms with van der Waals surface area (Å²) < 4.78 is 0. The minimum absolute atomic E-state index is 0.494. The third-order valence-electron chi connectivity index (χ3n) is 6.14. The first-order valence-electron chi connectivity index (χ1n) is 10.2. The van der Waals surface area contributed by atoms with Crippen LogP contribution in [-0.2, 0) is 0 Å². The van der Waals surface area contributed by atoms with Crippen LogP contribution in [0.15, 0.2) is 29.3 Å². The van der Waals surface area contributed by atoms with Crippen LogP contribution in [0.3, 0.4) is 0 Å². The highest BCUT2D eigenvalue weighted by atomic mass is 35.5. The molecule has 1 aromatic rings. The van der Waals surface area contributed by atoms with Gasteiger partial charge in [0.25, 0.3) is 0 Å². The molecule has 1 aliphatic carbocycles. The topological polar surface area (TPSA) is 30.9 Å². The fourth-order valence-electron chi connectivity index (χ4n) is 4.60. The highest BCUT2D eigenvalue weighted by Crippen LogP contribution is 2.41. The summed E-state index contributed by atoms with van der Waals surface area (Å²) in [5, 5.41) is 4.53. The Hall–Kier alpha value is -1.26. The first-order chi connectivity index (χ1) is 12.7. The number of hydrogen-bond donors (Lipinski definition) is 1. The van der Waals surface area contributed by atoms with E-state index in [0.717, 1.165) is 30.0 Å². The Morgan fingerprint density at radius 2 is 2.08 bits per heavy atom. The molecule has 3 fully saturated rings. The van der Waals surface area contributed by atoms with Crippen LogP contribution in [0.25, 0.3) is 0 Å². The lowest BCUT2D eigenvalue weighted by atomic mass is 10.1. The van der Waals surface area contributed by atoms with Gasteiger partial charge in [0.05, 0.1) is 0 Å². The molecule has 0 bridgehead atoms. The van der Waals surface area contributed by atoms with Crippen LogP contribution in [0.5, 0.6) is 0 Å². The number of guanidine groups is 1. The maximum absolute atomic E-state index is 6.14. The zero-order valence-electron chi connectivity index (χ0n) is 15.8. The van der Waals surface area contributed by atoms with Crippen molar-refractivity contribution in [2.45, 2.75) is 44.1 Å². The monoisotopic (exact) mass is 374 g/mol. The number of halogens is 1. The van der Waals surface area contributed by atoms with E-state index in [4.69, 9.17) is 11.6 Å². The average Bonchev–Trinajstić information content (AvgIpc) is 3.29. The molecule has 0 spiro atoms. The van der Waals surface area contributed by atoms with Crippen LogP contribution in [0, 0.1) is 5.92 Å². The van der Waals surface area contributed by atoms with E-state index in [1.54, 1.807) is 0 Å². The summed E-state index contributed by atoms with van der Waals surface area (Å²) in [6.45, 7) is 6.14. The number of hydrogen-bond acceptors (Lipinski definition) is 2. The van der Waals surface area contributed by atoms with Crippen molar-refractivity contribution in [3.63, 3.8) is 0 Å². The summed E-state index contributed by atoms with van der Waals surface area (Å²) in [5.41, 5.74) is 1.34. The van der Waals surface area contributed by atoms with Crippen LogP contribution >= 0.6 is 11.6 Å². The van der Waals surface area contributed by atoms with Crippen LogP contribution in [-0.4, -0.2) is 61.6 Å². The molecule has 0 amide bonds. The maximum atomic E-state index is 6.14. The highest BCUT2D eigenvalue weighted by molar-refractivity contribution is 6.30. The van der Waals surface area contributed by atoms with E-state index in [0.29, 0.717) is 12.0 Å². The van der Waals surface area contributed by atoms with E-state index in [2.05, 4.69) is 32.2 Å². The molecule has 3 unspecified atom stereocenters. The first-order valence-corrected chi connectivity index (χ1v) is 10.6. The predicted octanol–water partition coefficient (Wildman–Crippen LogP) is 3.58. The van der Waals surface area contributed by atoms with E-state index >= 15 is 0 Å². The number of aliphatic imine (C=N–C) groups is 1. The number of nitrogens with zero attached hydrogens (tertiary/aromatic N) is 3. The minimum Gasteiger partial charge on any atom is -0.353 e. The van der Waals surface area contributed by atoms with Crippen LogP contribution < -0.4 is 5.32 Å². The second-order valence-electron chi connectivity index (χ2n) is 8.16. The SMILES string of the molecule is CN=C(NC1CC1c1cccc(Cl)c1)N1CCC(CN2CCCCC2)C1. The van der Waals surface area contributed by atoms with Crippen molar-refractivity contribution in [2.24, 2.45) is 10.9 Å². The second-order valence-corrected chi connectivity index (χ2v) is 8.59. The molecule has 1 saturated carbocycles. The molecule has 2 heterocycles. The molecule has 1 N–H and O–H groups in total. The van der Waals surface area contributed by atoms with E-state index in [1.807, 2.05) is 19.2 Å². The van der Waals surface area contributed by atoms with E-state index in [-0.39, 0.29) is 0 Å². The van der Waals surface area contributed by atoms with Crippen molar-refractivity contribution >= 4 is 17.6 Å². The molecule has 26 heavy (non-hydrogen) atoms. The van der Waals surface area contributed by atoms with Crippen molar-refractivity contribution in [1.29, 1.82) is 0 Å². The van der Waals surface area contributed by atoms with Gasteiger partial charge >= 0.3 is 0 Å². The lowest BCUT2D eigenvalue weighted by Crippen LogP contribution is -2.42. The van der Waals surface area contributed by atoms with Gasteiger partial charge < -0.3 is 15.1 Å². The Bertz CT molecular complexity index is 641. The summed E-state index contributed by atoms with van der Waals surface area (Å²) in [6.07, 6.45) is 6.64. The average molecular weight is 375 g/mol. The summed E-state index contributed by atoms with van der Waals surface area (Å²) in [6, 6.07) is 8.77. The Balaban J connectivity index is 1.27. The Labute approximate surface area is 162 Å². The molecule has 2 aliphatic heterocycles. The lowest BCUT2D eigenvalue weighted by Gasteiger charge is -2.29. The van der Waals surface area contributed by atoms with Gasteiger partial charge in [0, 0.05) is 43.7 Å². The summed E-state index contributed by atoms with van der Waals surface area (Å²) in [4.78, 5) is 9.70. The summed E-state index contributed by atoms with van der Waals surface area (Å²) in [5.74, 6) is 2.44. The van der Waals surface area contributed by atoms with Crippen LogP contribution in [0.4, 0.5) is 0 Å². The highest BCUT2D eigenvalue weighted by Gasteiger charge is 2.40. The van der Waals surface area contributed by atoms with Crippen molar-refractivity contribution in [3.05, 3.63) is 34.9 Å². The Morgan fingerprint density at radius 3 is 2.85 bits per heavy atom. The Kier molecular flexibility index (Phi) is 5.70. The molecular weight excluding hydrogens is 344 g/mol. The van der Waals surface area contributed by atoms with Gasteiger partial charge in [-0.05, 0) is 62.4 Å². The Morgan fingerprint density at radius 1 is 1.23 bits per heavy atom. The summed E-state index contributed by atoms with van der Waals surface area (Å²) in [7, 11) is 1.91. The zero-order valence-corrected chi connectivity index (χ0v) is 16.6. The summed E-state index contributed by atoms with van der Waals surface area (Å²) >= 11 is 6.14. The van der Waals surface area contributed by atoms with Crippen molar-refractivity contribution in [1.82, 2.24) is 15.1 Å². The van der Waals surface area contributed by atoms with Crippen molar-refractivity contribution in [2.75, 3.05) is 39.8 Å². The number of piperidine rings is 1. The van der Waals surface area contributed by atoms with Crippen LogP contribution in [0.1, 0.15) is 43.6 Å². The van der Waals surface area contributed by atoms with Crippen molar-refractivity contribution in [3.8, 4) is 0 Å². The lowest BCUT2D eigenvalue weighted by molar-refractivity contribution is 0.198. The molecule has 142 valence electrons. The van der Waals surface area contributed by atoms with Crippen LogP contribution in [0.2, 0.25) is 5.02 Å². The molecule has 3 atom stereocenters. The minimum atomic E-state index is 0.494. The molecule has 4 nitrogen and oxygen atoms in total. The quantitative estimate of drug-likeness (QED) is 0.645. The van der Waals surface area contributed by atoms with Gasteiger partial charge in [-0.2, -0.15) is 0 Å². The molecular formula is C21H31ClN4. The largest absolute Gasteiger partial charge is 0.353 e. The van der Waals surface area contributed by atoms with E-state index < -0.39 is 0 Å². The maximum Gasteiger partial charge on any atom is 0.193 e. The van der Waals surface area contributed by atoms with Crippen molar-refractivity contribution < 1.29 is 0 Å². The molecule has 2 saturated heterocycles. The number of rotatable bonds is 4. The molecule has 5 heteroatoms. The van der Waals surface area contributed by atoms with Gasteiger partial charge in [-0.25, -0.2) is 0 Å². The molecule has 0 aromatic heterocycles. The normalized spacial score (nSPS) is 29.8. The van der Waals surface area contributed by atoms with Gasteiger partial charge in [0.1, 0.15) is 0 Å². The van der Waals surface area contributed by atoms with E-state index in [9.17, 15) is 0 Å². The third-order valence-corrected chi connectivity index (χ3v) is 6.38. The third kappa shape index (κ3) is 4.34. The number of likely N-dealkylation sites (tertiary alicyclic amines) is 2. The van der Waals surface area contributed by atoms with Gasteiger partial charge in [0.2, 0.25) is 0 Å². The molecule has 3 aliphatic rings. The van der Waals surface area contributed by atoms with Gasteiger partial charge in [-0.3, -0.25) is 4.99 Å². The standard InChI is InChI=1S/C21H31ClN4/c1-23-21(24-20-13-19(20)17-6-5-7-18(22)12-17)26-11-8-16(15-26)14-25-9-3-2-4-10-25/h5-7,12,16,19-20H,2-4,8-11,13-15H2,1H3,(H,23,24). The molecule has 0 radical (unpaired) electrons. The number of nitrogens with one attached hydrogen (secondary N) is 1. The van der Waals surface area contributed by atoms with Gasteiger partial charge in [-0.1, -0.05) is 30.2 Å².